The monoisotopic (exact) mass is 536 g/mol. The summed E-state index contributed by atoms with van der Waals surface area (Å²) in [5.41, 5.74) is -0.276. The van der Waals surface area contributed by atoms with E-state index in [1.165, 1.54) is 57.7 Å². The molecule has 0 fully saturated rings. The van der Waals surface area contributed by atoms with E-state index in [0.717, 1.165) is 16.5 Å². The van der Waals surface area contributed by atoms with Gasteiger partial charge in [0, 0.05) is 18.2 Å². The summed E-state index contributed by atoms with van der Waals surface area (Å²) in [7, 11) is 4.16. The first-order chi connectivity index (χ1) is 18.3. The van der Waals surface area contributed by atoms with Crippen LogP contribution in [0.5, 0.6) is 23.0 Å². The maximum atomic E-state index is 13.8. The van der Waals surface area contributed by atoms with Crippen molar-refractivity contribution in [1.29, 1.82) is 0 Å². The van der Waals surface area contributed by atoms with Crippen LogP contribution in [0.2, 0.25) is 5.02 Å². The van der Waals surface area contributed by atoms with Crippen LogP contribution >= 0.6 is 11.6 Å². The molecule has 0 spiro atoms. The first-order valence-corrected chi connectivity index (χ1v) is 11.4. The van der Waals surface area contributed by atoms with Crippen LogP contribution in [0.15, 0.2) is 77.1 Å². The van der Waals surface area contributed by atoms with E-state index >= 15 is 0 Å². The molecule has 0 aliphatic carbocycles. The molecule has 0 saturated carbocycles. The van der Waals surface area contributed by atoms with Gasteiger partial charge in [0.2, 0.25) is 0 Å². The van der Waals surface area contributed by atoms with Gasteiger partial charge in [-0.05, 0) is 35.0 Å². The number of amides is 1. The van der Waals surface area contributed by atoms with E-state index in [0.29, 0.717) is 5.39 Å². The predicted octanol–water partition coefficient (Wildman–Crippen LogP) is 6.48. The van der Waals surface area contributed by atoms with E-state index in [4.69, 9.17) is 25.8 Å². The van der Waals surface area contributed by atoms with Crippen LogP contribution in [0.1, 0.15) is 10.4 Å². The van der Waals surface area contributed by atoms with Crippen molar-refractivity contribution in [2.45, 2.75) is 0 Å². The molecule has 1 amide bonds. The number of halogens is 1. The number of carbonyl (C=O) groups is 1. The third-order valence-electron chi connectivity index (χ3n) is 5.58. The standard InChI is InChI=1S/C26H21ClN4O7/c1-36-23-9-8-17(31(34)35)12-20(23)28-29-30(21-13-19(27)24(37-2)14-25(21)38-3)26(33)18-10-15-6-4-5-7-16(15)11-22(18)32/h4-14,32H,1-3H3. The molecule has 0 heterocycles. The van der Waals surface area contributed by atoms with Crippen LogP contribution in [0.25, 0.3) is 10.8 Å². The minimum Gasteiger partial charge on any atom is -0.507 e. The topological polar surface area (TPSA) is 136 Å². The number of non-ortho nitro benzene ring substituents is 1. The molecule has 0 atom stereocenters. The molecule has 0 unspecified atom stereocenters. The zero-order chi connectivity index (χ0) is 27.4. The van der Waals surface area contributed by atoms with E-state index < -0.39 is 10.8 Å². The Bertz CT molecular complexity index is 1580. The van der Waals surface area contributed by atoms with Gasteiger partial charge in [0.1, 0.15) is 34.4 Å². The Kier molecular flexibility index (Phi) is 7.58. The summed E-state index contributed by atoms with van der Waals surface area (Å²) in [6, 6.07) is 16.8. The molecule has 194 valence electrons. The number of aromatic hydroxyl groups is 1. The van der Waals surface area contributed by atoms with Gasteiger partial charge < -0.3 is 19.3 Å². The van der Waals surface area contributed by atoms with Gasteiger partial charge in [-0.25, -0.2) is 0 Å². The number of fused-ring (bicyclic) bond motifs is 1. The van der Waals surface area contributed by atoms with E-state index in [2.05, 4.69) is 10.3 Å². The lowest BCUT2D eigenvalue weighted by Crippen LogP contribution is -2.25. The maximum absolute atomic E-state index is 13.8. The van der Waals surface area contributed by atoms with E-state index in [-0.39, 0.29) is 50.6 Å². The number of hydrogen-bond donors (Lipinski definition) is 1. The molecule has 38 heavy (non-hydrogen) atoms. The number of ether oxygens (including phenoxy) is 3. The summed E-state index contributed by atoms with van der Waals surface area (Å²) in [6.45, 7) is 0. The zero-order valence-electron chi connectivity index (χ0n) is 20.4. The Morgan fingerprint density at radius 1 is 0.921 bits per heavy atom. The highest BCUT2D eigenvalue weighted by atomic mass is 35.5. The highest BCUT2D eigenvalue weighted by Crippen LogP contribution is 2.40. The molecule has 1 N–H and O–H groups in total. The number of hydrogen-bond acceptors (Lipinski definition) is 9. The molecule has 4 aromatic carbocycles. The molecule has 0 aliphatic heterocycles. The van der Waals surface area contributed by atoms with Gasteiger partial charge >= 0.3 is 0 Å². The fraction of sp³-hybridized carbons (Fsp3) is 0.115. The summed E-state index contributed by atoms with van der Waals surface area (Å²) in [4.78, 5) is 24.5. The second-order valence-electron chi connectivity index (χ2n) is 7.79. The first kappa shape index (κ1) is 26.2. The van der Waals surface area contributed by atoms with Gasteiger partial charge in [0.05, 0.1) is 36.8 Å². The van der Waals surface area contributed by atoms with Crippen LogP contribution in [0, 0.1) is 10.1 Å². The smallest absolute Gasteiger partial charge is 0.283 e. The number of anilines is 1. The van der Waals surface area contributed by atoms with Crippen LogP contribution in [-0.2, 0) is 0 Å². The number of phenolic OH excluding ortho intramolecular Hbond substituents is 1. The average Bonchev–Trinajstić information content (AvgIpc) is 2.92. The molecule has 11 nitrogen and oxygen atoms in total. The van der Waals surface area contributed by atoms with Crippen LogP contribution in [0.4, 0.5) is 17.1 Å². The molecule has 0 aliphatic rings. The lowest BCUT2D eigenvalue weighted by molar-refractivity contribution is -0.384. The van der Waals surface area contributed by atoms with Gasteiger partial charge in [-0.1, -0.05) is 41.1 Å². The molecule has 4 rings (SSSR count). The second kappa shape index (κ2) is 11.0. The van der Waals surface area contributed by atoms with E-state index in [9.17, 15) is 20.0 Å². The van der Waals surface area contributed by atoms with E-state index in [1.807, 2.05) is 0 Å². The molecule has 0 aromatic heterocycles. The van der Waals surface area contributed by atoms with Gasteiger partial charge in [-0.3, -0.25) is 14.9 Å². The Morgan fingerprint density at radius 2 is 1.58 bits per heavy atom. The number of phenols is 1. The third-order valence-corrected chi connectivity index (χ3v) is 5.88. The van der Waals surface area contributed by atoms with Crippen LogP contribution in [0.3, 0.4) is 0 Å². The quantitative estimate of drug-likeness (QED) is 0.154. The number of rotatable bonds is 8. The lowest BCUT2D eigenvalue weighted by Gasteiger charge is -2.20. The van der Waals surface area contributed by atoms with Crippen molar-refractivity contribution < 1.29 is 29.0 Å². The number of nitro benzene ring substituents is 1. The lowest BCUT2D eigenvalue weighted by atomic mass is 10.0. The molecule has 0 saturated heterocycles. The van der Waals surface area contributed by atoms with Crippen molar-refractivity contribution >= 4 is 45.3 Å². The number of carbonyl (C=O) groups excluding carboxylic acids is 1. The van der Waals surface area contributed by atoms with Crippen molar-refractivity contribution in [2.24, 2.45) is 10.3 Å². The second-order valence-corrected chi connectivity index (χ2v) is 8.20. The van der Waals surface area contributed by atoms with Gasteiger partial charge in [-0.15, -0.1) is 5.11 Å². The van der Waals surface area contributed by atoms with Crippen molar-refractivity contribution in [3.05, 3.63) is 87.4 Å². The highest BCUT2D eigenvalue weighted by Gasteiger charge is 2.26. The minimum atomic E-state index is -0.777. The van der Waals surface area contributed by atoms with Crippen molar-refractivity contribution in [2.75, 3.05) is 26.3 Å². The Hall–Kier alpha value is -4.90. The fourth-order valence-electron chi connectivity index (χ4n) is 3.68. The third kappa shape index (κ3) is 5.13. The number of methoxy groups -OCH3 is 3. The molecule has 4 aromatic rings. The predicted molar refractivity (Wildman–Crippen MR) is 141 cm³/mol. The zero-order valence-corrected chi connectivity index (χ0v) is 21.2. The first-order valence-electron chi connectivity index (χ1n) is 11.0. The van der Waals surface area contributed by atoms with Gasteiger partial charge in [-0.2, -0.15) is 5.01 Å². The SMILES string of the molecule is COc1cc(OC)c(N(N=Nc2cc([N+](=O)[O-])ccc2OC)C(=O)c2cc3ccccc3cc2O)cc1Cl. The molecular weight excluding hydrogens is 516 g/mol. The number of nitro groups is 1. The van der Waals surface area contributed by atoms with Crippen molar-refractivity contribution in [1.82, 2.24) is 0 Å². The Labute approximate surface area is 221 Å². The highest BCUT2D eigenvalue weighted by molar-refractivity contribution is 6.32. The van der Waals surface area contributed by atoms with Crippen LogP contribution < -0.4 is 19.2 Å². The van der Waals surface area contributed by atoms with Crippen LogP contribution in [-0.4, -0.2) is 37.3 Å². The Morgan fingerprint density at radius 3 is 2.21 bits per heavy atom. The van der Waals surface area contributed by atoms with Gasteiger partial charge in [0.25, 0.3) is 11.6 Å². The van der Waals surface area contributed by atoms with E-state index in [1.54, 1.807) is 24.3 Å². The maximum Gasteiger partial charge on any atom is 0.283 e. The largest absolute Gasteiger partial charge is 0.507 e. The van der Waals surface area contributed by atoms with Crippen molar-refractivity contribution in [3.8, 4) is 23.0 Å². The summed E-state index contributed by atoms with van der Waals surface area (Å²) in [5, 5.41) is 32.6. The fourth-order valence-corrected chi connectivity index (χ4v) is 3.92. The normalized spacial score (nSPS) is 10.9. The molecule has 0 radical (unpaired) electrons. The summed E-state index contributed by atoms with van der Waals surface area (Å²) < 4.78 is 15.9. The number of nitrogens with zero attached hydrogens (tertiary/aromatic N) is 4. The van der Waals surface area contributed by atoms with Crippen molar-refractivity contribution in [3.63, 3.8) is 0 Å². The molecule has 0 bridgehead atoms. The number of benzene rings is 4. The molecular formula is C26H21ClN4O7. The molecule has 12 heteroatoms. The summed E-state index contributed by atoms with van der Waals surface area (Å²) >= 11 is 6.35. The minimum absolute atomic E-state index is 0.0131. The van der Waals surface area contributed by atoms with Gasteiger partial charge in [0.15, 0.2) is 0 Å². The average molecular weight is 537 g/mol. The summed E-state index contributed by atoms with van der Waals surface area (Å²) in [6.07, 6.45) is 0. The Balaban J connectivity index is 1.90. The summed E-state index contributed by atoms with van der Waals surface area (Å²) in [5.74, 6) is -0.447.